The normalized spacial score (nSPS) is 16.1. The van der Waals surface area contributed by atoms with E-state index < -0.39 is 0 Å². The topological polar surface area (TPSA) is 48.1 Å². The largest absolute Gasteiger partial charge is 0.494 e. The van der Waals surface area contributed by atoms with Crippen molar-refractivity contribution in [3.8, 4) is 11.4 Å². The first-order chi connectivity index (χ1) is 12.7. The molecule has 0 spiro atoms. The molecule has 0 unspecified atom stereocenters. The molecule has 0 amide bonds. The summed E-state index contributed by atoms with van der Waals surface area (Å²) >= 11 is 0. The third-order valence-electron chi connectivity index (χ3n) is 5.19. The van der Waals surface area contributed by atoms with Crippen LogP contribution < -0.4 is 4.74 Å². The quantitative estimate of drug-likeness (QED) is 0.709. The maximum Gasteiger partial charge on any atom is 0.144 e. The van der Waals surface area contributed by atoms with E-state index in [9.17, 15) is 0 Å². The highest BCUT2D eigenvalue weighted by atomic mass is 16.5. The second-order valence-electron chi connectivity index (χ2n) is 6.91. The van der Waals surface area contributed by atoms with Crippen LogP contribution in [0.3, 0.4) is 0 Å². The first kappa shape index (κ1) is 16.8. The Hall–Kier alpha value is -2.60. The molecular formula is C20H25N5O. The maximum absolute atomic E-state index is 5.44. The lowest BCUT2D eigenvalue weighted by Gasteiger charge is -2.31. The zero-order valence-electron chi connectivity index (χ0n) is 15.4. The average Bonchev–Trinajstić information content (AvgIpc) is 3.31. The molecule has 3 aromatic rings. The van der Waals surface area contributed by atoms with Gasteiger partial charge >= 0.3 is 0 Å². The molecule has 6 nitrogen and oxygen atoms in total. The molecule has 0 saturated carbocycles. The molecule has 1 aliphatic rings. The van der Waals surface area contributed by atoms with E-state index in [0.29, 0.717) is 5.92 Å². The lowest BCUT2D eigenvalue weighted by Crippen LogP contribution is -2.33. The van der Waals surface area contributed by atoms with Crippen molar-refractivity contribution < 1.29 is 4.74 Å². The van der Waals surface area contributed by atoms with E-state index in [-0.39, 0.29) is 0 Å². The summed E-state index contributed by atoms with van der Waals surface area (Å²) in [5.74, 6) is 2.62. The highest BCUT2D eigenvalue weighted by molar-refractivity contribution is 5.46. The predicted molar refractivity (Wildman–Crippen MR) is 101 cm³/mol. The van der Waals surface area contributed by atoms with Gasteiger partial charge in [0.1, 0.15) is 17.3 Å². The fourth-order valence-corrected chi connectivity index (χ4v) is 3.77. The molecule has 0 bridgehead atoms. The second-order valence-corrected chi connectivity index (χ2v) is 6.91. The van der Waals surface area contributed by atoms with Gasteiger partial charge in [-0.15, -0.1) is 0 Å². The summed E-state index contributed by atoms with van der Waals surface area (Å²) in [6.07, 6.45) is 10.3. The number of imidazole rings is 1. The Morgan fingerprint density at radius 2 is 2.00 bits per heavy atom. The number of methoxy groups -OCH3 is 1. The summed E-state index contributed by atoms with van der Waals surface area (Å²) in [5, 5.41) is 4.52. The SMILES string of the molecule is COc1ccccc1-n1cc(CN2CCC(c3nccn3C)CC2)cn1. The number of rotatable bonds is 5. The number of aromatic nitrogens is 4. The predicted octanol–water partition coefficient (Wildman–Crippen LogP) is 2.99. The Bertz CT molecular complexity index is 860. The van der Waals surface area contributed by atoms with Crippen LogP contribution >= 0.6 is 0 Å². The van der Waals surface area contributed by atoms with Gasteiger partial charge in [-0.25, -0.2) is 9.67 Å². The Balaban J connectivity index is 1.39. The highest BCUT2D eigenvalue weighted by Gasteiger charge is 2.23. The molecule has 0 radical (unpaired) electrons. The monoisotopic (exact) mass is 351 g/mol. The first-order valence-electron chi connectivity index (χ1n) is 9.11. The molecule has 4 rings (SSSR count). The molecule has 0 atom stereocenters. The number of piperidine rings is 1. The number of hydrogen-bond donors (Lipinski definition) is 0. The minimum atomic E-state index is 0.572. The van der Waals surface area contributed by atoms with Gasteiger partial charge in [0.15, 0.2) is 0 Å². The molecule has 1 fully saturated rings. The number of benzene rings is 1. The van der Waals surface area contributed by atoms with E-state index in [1.807, 2.05) is 47.5 Å². The van der Waals surface area contributed by atoms with Gasteiger partial charge in [0.2, 0.25) is 0 Å². The number of hydrogen-bond acceptors (Lipinski definition) is 4. The summed E-state index contributed by atoms with van der Waals surface area (Å²) in [7, 11) is 3.77. The molecule has 0 N–H and O–H groups in total. The molecule has 0 aliphatic carbocycles. The Morgan fingerprint density at radius 1 is 1.19 bits per heavy atom. The molecule has 1 aromatic carbocycles. The third kappa shape index (κ3) is 3.37. The summed E-state index contributed by atoms with van der Waals surface area (Å²) < 4.78 is 9.48. The highest BCUT2D eigenvalue weighted by Crippen LogP contribution is 2.27. The van der Waals surface area contributed by atoms with Crippen molar-refractivity contribution in [3.05, 3.63) is 60.4 Å². The van der Waals surface area contributed by atoms with Gasteiger partial charge in [-0.1, -0.05) is 12.1 Å². The molecule has 1 aliphatic heterocycles. The van der Waals surface area contributed by atoms with Gasteiger partial charge in [-0.3, -0.25) is 4.90 Å². The zero-order valence-corrected chi connectivity index (χ0v) is 15.4. The fraction of sp³-hybridized carbons (Fsp3) is 0.400. The number of para-hydroxylation sites is 2. The van der Waals surface area contributed by atoms with Crippen LogP contribution in [-0.4, -0.2) is 44.4 Å². The Morgan fingerprint density at radius 3 is 2.73 bits per heavy atom. The lowest BCUT2D eigenvalue weighted by molar-refractivity contribution is 0.200. The molecular weight excluding hydrogens is 326 g/mol. The van der Waals surface area contributed by atoms with Crippen LogP contribution in [0.4, 0.5) is 0 Å². The average molecular weight is 351 g/mol. The van der Waals surface area contributed by atoms with Crippen LogP contribution in [0.25, 0.3) is 5.69 Å². The van der Waals surface area contributed by atoms with E-state index in [0.717, 1.165) is 43.9 Å². The van der Waals surface area contributed by atoms with Crippen LogP contribution in [0.2, 0.25) is 0 Å². The van der Waals surface area contributed by atoms with Crippen molar-refractivity contribution in [1.29, 1.82) is 0 Å². The molecule has 6 heteroatoms. The van der Waals surface area contributed by atoms with Crippen LogP contribution in [0.1, 0.15) is 30.1 Å². The van der Waals surface area contributed by atoms with E-state index >= 15 is 0 Å². The number of nitrogens with zero attached hydrogens (tertiary/aromatic N) is 5. The standard InChI is InChI=1S/C20H25N5O/c1-23-12-9-21-20(23)17-7-10-24(11-8-17)14-16-13-22-25(15-16)18-5-3-4-6-19(18)26-2/h3-6,9,12-13,15,17H,7-8,10-11,14H2,1-2H3. The number of aryl methyl sites for hydroxylation is 1. The van der Waals surface area contributed by atoms with Gasteiger partial charge in [0.05, 0.1) is 13.3 Å². The molecule has 2 aromatic heterocycles. The van der Waals surface area contributed by atoms with Gasteiger partial charge in [-0.2, -0.15) is 5.10 Å². The maximum atomic E-state index is 5.44. The smallest absolute Gasteiger partial charge is 0.144 e. The van der Waals surface area contributed by atoms with E-state index in [2.05, 4.69) is 32.8 Å². The minimum Gasteiger partial charge on any atom is -0.494 e. The van der Waals surface area contributed by atoms with Crippen molar-refractivity contribution in [2.45, 2.75) is 25.3 Å². The Labute approximate surface area is 154 Å². The summed E-state index contributed by atoms with van der Waals surface area (Å²) in [4.78, 5) is 7.02. The van der Waals surface area contributed by atoms with Crippen molar-refractivity contribution in [1.82, 2.24) is 24.2 Å². The van der Waals surface area contributed by atoms with Gasteiger partial charge in [0.25, 0.3) is 0 Å². The van der Waals surface area contributed by atoms with Crippen molar-refractivity contribution in [3.63, 3.8) is 0 Å². The van der Waals surface area contributed by atoms with E-state index in [1.165, 1.54) is 11.4 Å². The second kappa shape index (κ2) is 7.33. The first-order valence-corrected chi connectivity index (χ1v) is 9.11. The van der Waals surface area contributed by atoms with E-state index in [1.54, 1.807) is 7.11 Å². The van der Waals surface area contributed by atoms with Gasteiger partial charge in [-0.05, 0) is 38.1 Å². The lowest BCUT2D eigenvalue weighted by atomic mass is 9.96. The van der Waals surface area contributed by atoms with E-state index in [4.69, 9.17) is 4.74 Å². The molecule has 3 heterocycles. The fourth-order valence-electron chi connectivity index (χ4n) is 3.77. The van der Waals surface area contributed by atoms with Crippen LogP contribution in [0, 0.1) is 0 Å². The summed E-state index contributed by atoms with van der Waals surface area (Å²) in [6.45, 7) is 3.12. The van der Waals surface area contributed by atoms with Gasteiger partial charge in [0, 0.05) is 43.7 Å². The third-order valence-corrected chi connectivity index (χ3v) is 5.19. The van der Waals surface area contributed by atoms with Crippen molar-refractivity contribution in [2.75, 3.05) is 20.2 Å². The van der Waals surface area contributed by atoms with Gasteiger partial charge < -0.3 is 9.30 Å². The number of likely N-dealkylation sites (tertiary alicyclic amines) is 1. The molecule has 26 heavy (non-hydrogen) atoms. The minimum absolute atomic E-state index is 0.572. The van der Waals surface area contributed by atoms with Crippen molar-refractivity contribution in [2.24, 2.45) is 7.05 Å². The van der Waals surface area contributed by atoms with Crippen molar-refractivity contribution >= 4 is 0 Å². The Kier molecular flexibility index (Phi) is 4.75. The van der Waals surface area contributed by atoms with Crippen LogP contribution in [0.5, 0.6) is 5.75 Å². The summed E-state index contributed by atoms with van der Waals surface area (Å²) in [6, 6.07) is 7.95. The molecule has 1 saturated heterocycles. The summed E-state index contributed by atoms with van der Waals surface area (Å²) in [5.41, 5.74) is 2.20. The van der Waals surface area contributed by atoms with Crippen LogP contribution in [0.15, 0.2) is 49.1 Å². The molecule has 136 valence electrons. The number of ether oxygens (including phenoxy) is 1. The van der Waals surface area contributed by atoms with Crippen LogP contribution in [-0.2, 0) is 13.6 Å². The zero-order chi connectivity index (χ0) is 17.9.